The fourth-order valence-electron chi connectivity index (χ4n) is 1.97. The number of benzene rings is 2. The second kappa shape index (κ2) is 5.39. The average Bonchev–Trinajstić information content (AvgIpc) is 2.88. The van der Waals surface area contributed by atoms with Crippen LogP contribution in [0.15, 0.2) is 53.1 Å². The predicted octanol–water partition coefficient (Wildman–Crippen LogP) is 4.48. The van der Waals surface area contributed by atoms with Crippen molar-refractivity contribution in [1.29, 1.82) is 0 Å². The van der Waals surface area contributed by atoms with Crippen LogP contribution in [0.5, 0.6) is 5.75 Å². The number of hydrogen-bond donors (Lipinski definition) is 0. The first-order valence-electron chi connectivity index (χ1n) is 6.10. The molecule has 0 radical (unpaired) electrons. The third kappa shape index (κ3) is 2.53. The summed E-state index contributed by atoms with van der Waals surface area (Å²) in [5, 5.41) is 1.61. The summed E-state index contributed by atoms with van der Waals surface area (Å²) in [7, 11) is 0. The Morgan fingerprint density at radius 3 is 2.70 bits per heavy atom. The number of fused-ring (bicyclic) bond motifs is 1. The zero-order valence-electron chi connectivity index (χ0n) is 10.5. The van der Waals surface area contributed by atoms with Crippen molar-refractivity contribution in [2.24, 2.45) is 0 Å². The van der Waals surface area contributed by atoms with E-state index in [4.69, 9.17) is 20.8 Å². The summed E-state index contributed by atoms with van der Waals surface area (Å²) >= 11 is 5.98. The Bertz CT molecular complexity index is 744. The Morgan fingerprint density at radius 1 is 1.15 bits per heavy atom. The van der Waals surface area contributed by atoms with Crippen LogP contribution < -0.4 is 4.74 Å². The van der Waals surface area contributed by atoms with Gasteiger partial charge in [-0.25, -0.2) is 0 Å². The molecule has 0 unspecified atom stereocenters. The molecular formula is C16H11ClO3. The van der Waals surface area contributed by atoms with Gasteiger partial charge in [0.05, 0.1) is 6.26 Å². The third-order valence-electron chi connectivity index (χ3n) is 3.03. The minimum Gasteiger partial charge on any atom is -0.489 e. The summed E-state index contributed by atoms with van der Waals surface area (Å²) in [6, 6.07) is 12.4. The van der Waals surface area contributed by atoms with Gasteiger partial charge >= 0.3 is 0 Å². The van der Waals surface area contributed by atoms with Crippen LogP contribution in [-0.2, 0) is 6.61 Å². The Kier molecular flexibility index (Phi) is 3.44. The number of carbonyl (C=O) groups excluding carboxylic acids is 1. The van der Waals surface area contributed by atoms with E-state index in [1.165, 1.54) is 0 Å². The standard InChI is InChI=1S/C16H11ClO3/c17-13-3-6-16-15(7-13)12(10-20-16)9-19-14-4-1-11(8-18)2-5-14/h1-8,10H,9H2. The van der Waals surface area contributed by atoms with Gasteiger partial charge in [-0.2, -0.15) is 0 Å². The van der Waals surface area contributed by atoms with E-state index in [1.807, 2.05) is 12.1 Å². The number of carbonyl (C=O) groups is 1. The van der Waals surface area contributed by atoms with Gasteiger partial charge in [-0.1, -0.05) is 11.6 Å². The van der Waals surface area contributed by atoms with E-state index in [0.29, 0.717) is 22.9 Å². The van der Waals surface area contributed by atoms with Gasteiger partial charge in [0.1, 0.15) is 24.2 Å². The molecule has 0 saturated carbocycles. The average molecular weight is 287 g/mol. The Labute approximate surface area is 120 Å². The van der Waals surface area contributed by atoms with Crippen LogP contribution in [0, 0.1) is 0 Å². The molecule has 1 heterocycles. The molecule has 1 aromatic heterocycles. The lowest BCUT2D eigenvalue weighted by molar-refractivity contribution is 0.112. The number of rotatable bonds is 4. The lowest BCUT2D eigenvalue weighted by Gasteiger charge is -2.05. The highest BCUT2D eigenvalue weighted by molar-refractivity contribution is 6.31. The maximum Gasteiger partial charge on any atom is 0.150 e. The van der Waals surface area contributed by atoms with Crippen molar-refractivity contribution in [3.8, 4) is 5.75 Å². The number of hydrogen-bond acceptors (Lipinski definition) is 3. The van der Waals surface area contributed by atoms with Gasteiger partial charge in [0.15, 0.2) is 0 Å². The quantitative estimate of drug-likeness (QED) is 0.664. The maximum atomic E-state index is 10.6. The fraction of sp³-hybridized carbons (Fsp3) is 0.0625. The highest BCUT2D eigenvalue weighted by Gasteiger charge is 2.07. The van der Waals surface area contributed by atoms with Gasteiger partial charge in [-0.3, -0.25) is 4.79 Å². The van der Waals surface area contributed by atoms with Gasteiger partial charge < -0.3 is 9.15 Å². The fourth-order valence-corrected chi connectivity index (χ4v) is 2.14. The molecule has 0 amide bonds. The van der Waals surface area contributed by atoms with E-state index >= 15 is 0 Å². The van der Waals surface area contributed by atoms with Crippen molar-refractivity contribution >= 4 is 28.9 Å². The second-order valence-electron chi connectivity index (χ2n) is 4.38. The molecule has 0 aliphatic carbocycles. The van der Waals surface area contributed by atoms with E-state index in [9.17, 15) is 4.79 Å². The Morgan fingerprint density at radius 2 is 1.95 bits per heavy atom. The van der Waals surface area contributed by atoms with Crippen molar-refractivity contribution in [2.75, 3.05) is 0 Å². The summed E-state index contributed by atoms with van der Waals surface area (Å²) < 4.78 is 11.1. The molecule has 2 aromatic carbocycles. The minimum absolute atomic E-state index is 0.383. The van der Waals surface area contributed by atoms with Gasteiger partial charge in [-0.05, 0) is 42.5 Å². The van der Waals surface area contributed by atoms with Crippen LogP contribution in [-0.4, -0.2) is 6.29 Å². The summed E-state index contributed by atoms with van der Waals surface area (Å²) in [5.74, 6) is 0.701. The van der Waals surface area contributed by atoms with Crippen LogP contribution >= 0.6 is 11.6 Å². The van der Waals surface area contributed by atoms with Gasteiger partial charge in [0.25, 0.3) is 0 Å². The van der Waals surface area contributed by atoms with Crippen molar-refractivity contribution in [1.82, 2.24) is 0 Å². The topological polar surface area (TPSA) is 39.4 Å². The normalized spacial score (nSPS) is 10.7. The molecule has 3 aromatic rings. The molecular weight excluding hydrogens is 276 g/mol. The van der Waals surface area contributed by atoms with Crippen LogP contribution in [0.25, 0.3) is 11.0 Å². The number of aldehydes is 1. The Balaban J connectivity index is 1.79. The minimum atomic E-state index is 0.383. The van der Waals surface area contributed by atoms with Crippen molar-refractivity contribution in [3.05, 3.63) is 64.9 Å². The van der Waals surface area contributed by atoms with Crippen molar-refractivity contribution < 1.29 is 13.9 Å². The summed E-state index contributed by atoms with van der Waals surface area (Å²) in [6.07, 6.45) is 2.47. The molecule has 0 N–H and O–H groups in total. The van der Waals surface area contributed by atoms with Crippen LogP contribution in [0.3, 0.4) is 0 Å². The summed E-state index contributed by atoms with van der Waals surface area (Å²) in [5.41, 5.74) is 2.34. The molecule has 0 bridgehead atoms. The zero-order chi connectivity index (χ0) is 13.9. The van der Waals surface area contributed by atoms with Gasteiger partial charge in [0, 0.05) is 21.5 Å². The first-order chi connectivity index (χ1) is 9.76. The molecule has 100 valence electrons. The predicted molar refractivity (Wildman–Crippen MR) is 77.4 cm³/mol. The molecule has 20 heavy (non-hydrogen) atoms. The molecule has 0 aliphatic rings. The zero-order valence-corrected chi connectivity index (χ0v) is 11.3. The largest absolute Gasteiger partial charge is 0.489 e. The number of halogens is 1. The maximum absolute atomic E-state index is 10.6. The Hall–Kier alpha value is -2.26. The van der Waals surface area contributed by atoms with Gasteiger partial charge in [0.2, 0.25) is 0 Å². The van der Waals surface area contributed by atoms with Crippen LogP contribution in [0.2, 0.25) is 5.02 Å². The highest BCUT2D eigenvalue weighted by atomic mass is 35.5. The smallest absolute Gasteiger partial charge is 0.150 e. The van der Waals surface area contributed by atoms with E-state index < -0.39 is 0 Å². The highest BCUT2D eigenvalue weighted by Crippen LogP contribution is 2.25. The van der Waals surface area contributed by atoms with E-state index in [0.717, 1.165) is 22.8 Å². The van der Waals surface area contributed by atoms with Crippen LogP contribution in [0.4, 0.5) is 0 Å². The lowest BCUT2D eigenvalue weighted by Crippen LogP contribution is -1.94. The molecule has 4 heteroatoms. The summed E-state index contributed by atoms with van der Waals surface area (Å²) in [4.78, 5) is 10.6. The van der Waals surface area contributed by atoms with Crippen molar-refractivity contribution in [3.63, 3.8) is 0 Å². The van der Waals surface area contributed by atoms with Crippen LogP contribution in [0.1, 0.15) is 15.9 Å². The third-order valence-corrected chi connectivity index (χ3v) is 3.26. The molecule has 0 aliphatic heterocycles. The number of ether oxygens (including phenoxy) is 1. The summed E-state index contributed by atoms with van der Waals surface area (Å²) in [6.45, 7) is 0.383. The van der Waals surface area contributed by atoms with Gasteiger partial charge in [-0.15, -0.1) is 0 Å². The molecule has 3 rings (SSSR count). The first kappa shape index (κ1) is 12.8. The van der Waals surface area contributed by atoms with E-state index in [-0.39, 0.29) is 0 Å². The SMILES string of the molecule is O=Cc1ccc(OCc2coc3ccc(Cl)cc23)cc1. The number of furan rings is 1. The first-order valence-corrected chi connectivity index (χ1v) is 6.48. The molecule has 0 atom stereocenters. The second-order valence-corrected chi connectivity index (χ2v) is 4.81. The monoisotopic (exact) mass is 286 g/mol. The molecule has 3 nitrogen and oxygen atoms in total. The molecule has 0 fully saturated rings. The lowest BCUT2D eigenvalue weighted by atomic mass is 10.2. The molecule has 0 spiro atoms. The van der Waals surface area contributed by atoms with E-state index in [2.05, 4.69) is 0 Å². The van der Waals surface area contributed by atoms with E-state index in [1.54, 1.807) is 36.6 Å². The molecule has 0 saturated heterocycles. The van der Waals surface area contributed by atoms with Crippen molar-refractivity contribution in [2.45, 2.75) is 6.61 Å².